The fourth-order valence-corrected chi connectivity index (χ4v) is 2.51. The molecule has 0 saturated heterocycles. The van der Waals surface area contributed by atoms with Gasteiger partial charge in [0.1, 0.15) is 22.3 Å². The maximum Gasteiger partial charge on any atom is 0.358 e. The number of aromatic carboxylic acids is 1. The topological polar surface area (TPSA) is 55.1 Å². The Balaban J connectivity index is 2.34. The quantitative estimate of drug-likeness (QED) is 0.782. The predicted octanol–water partition coefficient (Wildman–Crippen LogP) is 4.17. The summed E-state index contributed by atoms with van der Waals surface area (Å²) >= 11 is 6.12. The number of carboxylic acid groups (broad SMARTS) is 1. The van der Waals surface area contributed by atoms with Gasteiger partial charge in [-0.05, 0) is 12.1 Å². The number of aromatic nitrogens is 2. The van der Waals surface area contributed by atoms with Crippen molar-refractivity contribution in [2.24, 2.45) is 0 Å². The van der Waals surface area contributed by atoms with Crippen molar-refractivity contribution >= 4 is 17.6 Å². The van der Waals surface area contributed by atoms with Gasteiger partial charge in [0.05, 0.1) is 5.69 Å². The van der Waals surface area contributed by atoms with Crippen molar-refractivity contribution in [3.63, 3.8) is 0 Å². The van der Waals surface area contributed by atoms with E-state index in [-0.39, 0.29) is 16.4 Å². The van der Waals surface area contributed by atoms with Crippen LogP contribution in [0, 0.1) is 11.6 Å². The Morgan fingerprint density at radius 2 is 1.83 bits per heavy atom. The molecule has 0 aliphatic heterocycles. The summed E-state index contributed by atoms with van der Waals surface area (Å²) in [6.07, 6.45) is 0. The van der Waals surface area contributed by atoms with Gasteiger partial charge < -0.3 is 5.11 Å². The van der Waals surface area contributed by atoms with Crippen LogP contribution in [0.5, 0.6) is 0 Å². The van der Waals surface area contributed by atoms with E-state index in [1.807, 2.05) is 0 Å². The number of benzene rings is 2. The molecular formula is C16H9ClF2N2O2. The molecule has 4 nitrogen and oxygen atoms in total. The molecule has 0 unspecified atom stereocenters. The molecule has 0 radical (unpaired) electrons. The van der Waals surface area contributed by atoms with Gasteiger partial charge in [0.2, 0.25) is 0 Å². The van der Waals surface area contributed by atoms with Gasteiger partial charge in [-0.3, -0.25) is 0 Å². The van der Waals surface area contributed by atoms with Gasteiger partial charge in [-0.1, -0.05) is 41.9 Å². The van der Waals surface area contributed by atoms with Gasteiger partial charge in [-0.15, -0.1) is 0 Å². The van der Waals surface area contributed by atoms with Crippen molar-refractivity contribution in [1.82, 2.24) is 9.78 Å². The van der Waals surface area contributed by atoms with Gasteiger partial charge in [0, 0.05) is 11.6 Å². The average Bonchev–Trinajstić information content (AvgIpc) is 2.88. The number of hydrogen-bond acceptors (Lipinski definition) is 2. The van der Waals surface area contributed by atoms with E-state index in [9.17, 15) is 18.7 Å². The predicted molar refractivity (Wildman–Crippen MR) is 80.9 cm³/mol. The van der Waals surface area contributed by atoms with Crippen LogP contribution in [-0.2, 0) is 0 Å². The molecule has 3 rings (SSSR count). The van der Waals surface area contributed by atoms with Gasteiger partial charge in [-0.2, -0.15) is 5.10 Å². The highest BCUT2D eigenvalue weighted by atomic mass is 35.5. The summed E-state index contributed by atoms with van der Waals surface area (Å²) < 4.78 is 28.6. The lowest BCUT2D eigenvalue weighted by Crippen LogP contribution is -2.05. The summed E-state index contributed by atoms with van der Waals surface area (Å²) in [6, 6.07) is 11.4. The van der Waals surface area contributed by atoms with Crippen molar-refractivity contribution in [3.8, 4) is 16.9 Å². The molecule has 0 aliphatic carbocycles. The van der Waals surface area contributed by atoms with Crippen LogP contribution in [0.4, 0.5) is 8.78 Å². The molecule has 3 aromatic rings. The highest BCUT2D eigenvalue weighted by Gasteiger charge is 2.24. The molecule has 7 heteroatoms. The van der Waals surface area contributed by atoms with E-state index in [0.717, 1.165) is 22.9 Å². The minimum Gasteiger partial charge on any atom is -0.476 e. The number of halogens is 3. The molecule has 1 heterocycles. The van der Waals surface area contributed by atoms with Crippen LogP contribution < -0.4 is 0 Å². The first kappa shape index (κ1) is 15.2. The first-order valence-corrected chi connectivity index (χ1v) is 6.89. The second-order valence-corrected chi connectivity index (χ2v) is 5.07. The Morgan fingerprint density at radius 1 is 1.13 bits per heavy atom. The summed E-state index contributed by atoms with van der Waals surface area (Å²) in [7, 11) is 0. The van der Waals surface area contributed by atoms with Gasteiger partial charge in [0.15, 0.2) is 5.69 Å². The maximum absolute atomic E-state index is 14.1. The number of rotatable bonds is 3. The third-order valence-electron chi connectivity index (χ3n) is 3.21. The number of carboxylic acids is 1. The van der Waals surface area contributed by atoms with E-state index in [1.165, 1.54) is 0 Å². The van der Waals surface area contributed by atoms with E-state index < -0.39 is 23.3 Å². The van der Waals surface area contributed by atoms with E-state index in [0.29, 0.717) is 5.56 Å². The highest BCUT2D eigenvalue weighted by Crippen LogP contribution is 2.33. The number of nitrogens with zero attached hydrogens (tertiary/aromatic N) is 2. The third-order valence-corrected chi connectivity index (χ3v) is 3.57. The van der Waals surface area contributed by atoms with Crippen molar-refractivity contribution in [3.05, 3.63) is 70.9 Å². The average molecular weight is 335 g/mol. The summed E-state index contributed by atoms with van der Waals surface area (Å²) in [5.41, 5.74) is 0.0442. The smallest absolute Gasteiger partial charge is 0.358 e. The lowest BCUT2D eigenvalue weighted by atomic mass is 10.1. The van der Waals surface area contributed by atoms with Gasteiger partial charge in [-0.25, -0.2) is 18.3 Å². The van der Waals surface area contributed by atoms with Gasteiger partial charge >= 0.3 is 5.97 Å². The Bertz CT molecular complexity index is 895. The number of hydrogen-bond donors (Lipinski definition) is 1. The van der Waals surface area contributed by atoms with Crippen LogP contribution in [-0.4, -0.2) is 20.9 Å². The lowest BCUT2D eigenvalue weighted by molar-refractivity contribution is 0.0690. The molecule has 0 fully saturated rings. The molecule has 1 N–H and O–H groups in total. The minimum atomic E-state index is -1.36. The summed E-state index contributed by atoms with van der Waals surface area (Å²) in [4.78, 5) is 11.3. The van der Waals surface area contributed by atoms with Crippen LogP contribution in [0.1, 0.15) is 10.5 Å². The van der Waals surface area contributed by atoms with Crippen LogP contribution in [0.2, 0.25) is 5.02 Å². The molecule has 1 aromatic heterocycles. The Hall–Kier alpha value is -2.73. The molecule has 0 aliphatic rings. The fourth-order valence-electron chi connectivity index (χ4n) is 2.20. The molecule has 0 amide bonds. The molecule has 0 spiro atoms. The zero-order valence-corrected chi connectivity index (χ0v) is 12.3. The molecule has 0 bridgehead atoms. The first-order chi connectivity index (χ1) is 11.0. The van der Waals surface area contributed by atoms with E-state index in [2.05, 4.69) is 5.10 Å². The minimum absolute atomic E-state index is 0.146. The van der Waals surface area contributed by atoms with Crippen molar-refractivity contribution in [2.45, 2.75) is 0 Å². The van der Waals surface area contributed by atoms with Crippen LogP contribution in [0.25, 0.3) is 16.9 Å². The fraction of sp³-hybridized carbons (Fsp3) is 0. The van der Waals surface area contributed by atoms with Crippen LogP contribution in [0.15, 0.2) is 48.5 Å². The molecular weight excluding hydrogens is 326 g/mol. The molecule has 23 heavy (non-hydrogen) atoms. The SMILES string of the molecule is O=C(O)c1nn(-c2cc(F)ccc2F)c(-c2ccccc2)c1Cl. The monoisotopic (exact) mass is 334 g/mol. The molecule has 0 saturated carbocycles. The first-order valence-electron chi connectivity index (χ1n) is 6.51. The lowest BCUT2D eigenvalue weighted by Gasteiger charge is -2.09. The standard InChI is InChI=1S/C16H9ClF2N2O2/c17-13-14(16(22)23)20-21(12-8-10(18)6-7-11(12)19)15(13)9-4-2-1-3-5-9/h1-8H,(H,22,23). The molecule has 2 aromatic carbocycles. The molecule has 0 atom stereocenters. The second kappa shape index (κ2) is 5.81. The van der Waals surface area contributed by atoms with Crippen LogP contribution in [0.3, 0.4) is 0 Å². The summed E-state index contributed by atoms with van der Waals surface area (Å²) in [5.74, 6) is -2.79. The van der Waals surface area contributed by atoms with E-state index >= 15 is 0 Å². The largest absolute Gasteiger partial charge is 0.476 e. The van der Waals surface area contributed by atoms with Gasteiger partial charge in [0.25, 0.3) is 0 Å². The summed E-state index contributed by atoms with van der Waals surface area (Å²) in [5, 5.41) is 12.9. The number of carbonyl (C=O) groups is 1. The highest BCUT2D eigenvalue weighted by molar-refractivity contribution is 6.35. The van der Waals surface area contributed by atoms with Crippen LogP contribution >= 0.6 is 11.6 Å². The zero-order valence-electron chi connectivity index (χ0n) is 11.5. The Labute approximate surface area is 134 Å². The van der Waals surface area contributed by atoms with Crippen molar-refractivity contribution < 1.29 is 18.7 Å². The molecule has 116 valence electrons. The van der Waals surface area contributed by atoms with Crippen molar-refractivity contribution in [2.75, 3.05) is 0 Å². The Kier molecular flexibility index (Phi) is 3.83. The van der Waals surface area contributed by atoms with E-state index in [1.54, 1.807) is 30.3 Å². The normalized spacial score (nSPS) is 10.7. The zero-order chi connectivity index (χ0) is 16.6. The second-order valence-electron chi connectivity index (χ2n) is 4.69. The Morgan fingerprint density at radius 3 is 2.48 bits per heavy atom. The third kappa shape index (κ3) is 2.68. The van der Waals surface area contributed by atoms with E-state index in [4.69, 9.17) is 11.6 Å². The van der Waals surface area contributed by atoms with Crippen molar-refractivity contribution in [1.29, 1.82) is 0 Å². The summed E-state index contributed by atoms with van der Waals surface area (Å²) in [6.45, 7) is 0. The maximum atomic E-state index is 14.1.